The van der Waals surface area contributed by atoms with Gasteiger partial charge in [-0.05, 0) is 37.8 Å². The standard InChI is InChI=1S/C22H22ClN5O2S/c1-2-13-12-15-17(14-8-4-5-9-16(14)23)24-20(29)19-25-18(26-28(19)22(15)31-13)21(30)27-10-6-3-7-11-27/h4-5,8-9,12,20,29H,2-3,6-7,10-11H2,1H3. The molecule has 1 unspecified atom stereocenters. The van der Waals surface area contributed by atoms with E-state index in [2.05, 4.69) is 28.1 Å². The first-order valence-electron chi connectivity index (χ1n) is 10.5. The summed E-state index contributed by atoms with van der Waals surface area (Å²) >= 11 is 8.02. The first-order chi connectivity index (χ1) is 15.1. The van der Waals surface area contributed by atoms with E-state index in [4.69, 9.17) is 11.6 Å². The van der Waals surface area contributed by atoms with E-state index in [0.717, 1.165) is 46.7 Å². The highest BCUT2D eigenvalue weighted by atomic mass is 35.5. The van der Waals surface area contributed by atoms with E-state index in [9.17, 15) is 9.90 Å². The van der Waals surface area contributed by atoms with Crippen LogP contribution < -0.4 is 0 Å². The molecule has 1 N–H and O–H groups in total. The van der Waals surface area contributed by atoms with Crippen molar-refractivity contribution in [1.29, 1.82) is 0 Å². The number of hydrogen-bond acceptors (Lipinski definition) is 6. The number of fused-ring (bicyclic) bond motifs is 3. The molecule has 160 valence electrons. The Morgan fingerprint density at radius 2 is 2.00 bits per heavy atom. The minimum absolute atomic E-state index is 0.102. The zero-order valence-corrected chi connectivity index (χ0v) is 18.7. The number of hydrogen-bond donors (Lipinski definition) is 1. The fourth-order valence-electron chi connectivity index (χ4n) is 4.02. The molecule has 3 aromatic rings. The Hall–Kier alpha value is -2.55. The molecule has 2 aliphatic rings. The number of aliphatic imine (C=N–C) groups is 1. The van der Waals surface area contributed by atoms with Gasteiger partial charge in [-0.2, -0.15) is 0 Å². The molecule has 0 saturated carbocycles. The van der Waals surface area contributed by atoms with Crippen LogP contribution in [0, 0.1) is 0 Å². The van der Waals surface area contributed by atoms with Crippen LogP contribution in [0.1, 0.15) is 64.9 Å². The molecule has 31 heavy (non-hydrogen) atoms. The van der Waals surface area contributed by atoms with Crippen molar-refractivity contribution in [3.8, 4) is 5.00 Å². The number of benzene rings is 1. The summed E-state index contributed by atoms with van der Waals surface area (Å²) in [6.07, 6.45) is 2.70. The van der Waals surface area contributed by atoms with E-state index in [0.29, 0.717) is 23.8 Å². The number of likely N-dealkylation sites (tertiary alicyclic amines) is 1. The second-order valence-electron chi connectivity index (χ2n) is 7.67. The highest BCUT2D eigenvalue weighted by Gasteiger charge is 2.32. The third-order valence-electron chi connectivity index (χ3n) is 5.64. The van der Waals surface area contributed by atoms with Crippen molar-refractivity contribution in [2.75, 3.05) is 13.1 Å². The van der Waals surface area contributed by atoms with E-state index in [1.54, 1.807) is 27.0 Å². The van der Waals surface area contributed by atoms with Gasteiger partial charge in [0.2, 0.25) is 12.1 Å². The van der Waals surface area contributed by atoms with Gasteiger partial charge >= 0.3 is 0 Å². The summed E-state index contributed by atoms with van der Waals surface area (Å²) in [6, 6.07) is 9.48. The van der Waals surface area contributed by atoms with Gasteiger partial charge in [0, 0.05) is 34.1 Å². The van der Waals surface area contributed by atoms with E-state index < -0.39 is 6.23 Å². The van der Waals surface area contributed by atoms with Crippen molar-refractivity contribution in [3.63, 3.8) is 0 Å². The lowest BCUT2D eigenvalue weighted by atomic mass is 10.0. The van der Waals surface area contributed by atoms with E-state index in [1.165, 1.54) is 0 Å². The molecular weight excluding hydrogens is 434 g/mol. The number of carbonyl (C=O) groups is 1. The van der Waals surface area contributed by atoms with Gasteiger partial charge in [0.25, 0.3) is 5.91 Å². The highest BCUT2D eigenvalue weighted by molar-refractivity contribution is 7.15. The molecule has 1 fully saturated rings. The molecule has 0 radical (unpaired) electrons. The molecule has 4 heterocycles. The Bertz CT molecular complexity index is 1180. The summed E-state index contributed by atoms with van der Waals surface area (Å²) in [6.45, 7) is 3.51. The van der Waals surface area contributed by atoms with E-state index in [1.807, 2.05) is 18.2 Å². The summed E-state index contributed by atoms with van der Waals surface area (Å²) in [5, 5.41) is 16.8. The van der Waals surface area contributed by atoms with Gasteiger partial charge in [-0.15, -0.1) is 16.4 Å². The summed E-state index contributed by atoms with van der Waals surface area (Å²) in [5.41, 5.74) is 2.16. The molecule has 1 aromatic carbocycles. The molecule has 7 nitrogen and oxygen atoms in total. The van der Waals surface area contributed by atoms with Gasteiger partial charge in [-0.3, -0.25) is 4.79 Å². The summed E-state index contributed by atoms with van der Waals surface area (Å²) < 4.78 is 1.58. The lowest BCUT2D eigenvalue weighted by molar-refractivity contribution is 0.0712. The molecule has 2 aromatic heterocycles. The second kappa shape index (κ2) is 8.18. The summed E-state index contributed by atoms with van der Waals surface area (Å²) in [5.74, 6) is 0.148. The van der Waals surface area contributed by atoms with E-state index >= 15 is 0 Å². The number of piperidine rings is 1. The normalized spacial score (nSPS) is 18.2. The molecule has 1 atom stereocenters. The summed E-state index contributed by atoms with van der Waals surface area (Å²) in [7, 11) is 0. The SMILES string of the molecule is CCc1cc2c(s1)-n1nc(C(=O)N3CCCCC3)nc1C(O)N=C2c1ccccc1Cl. The molecule has 9 heteroatoms. The van der Waals surface area contributed by atoms with E-state index in [-0.39, 0.29) is 17.6 Å². The van der Waals surface area contributed by atoms with Crippen LogP contribution in [0.4, 0.5) is 0 Å². The fraction of sp³-hybridized carbons (Fsp3) is 0.364. The van der Waals surface area contributed by atoms with Crippen LogP contribution in [0.2, 0.25) is 5.02 Å². The molecule has 0 aliphatic carbocycles. The number of amides is 1. The Kier molecular flexibility index (Phi) is 5.37. The van der Waals surface area contributed by atoms with Crippen LogP contribution in [0.3, 0.4) is 0 Å². The van der Waals surface area contributed by atoms with Gasteiger partial charge in [-0.25, -0.2) is 14.7 Å². The number of aromatic nitrogens is 3. The Morgan fingerprint density at radius 1 is 1.23 bits per heavy atom. The van der Waals surface area contributed by atoms with Crippen molar-refractivity contribution in [3.05, 3.63) is 63.0 Å². The lowest BCUT2D eigenvalue weighted by Gasteiger charge is -2.25. The number of rotatable bonds is 3. The zero-order valence-electron chi connectivity index (χ0n) is 17.1. The molecule has 1 amide bonds. The third-order valence-corrected chi connectivity index (χ3v) is 7.22. The van der Waals surface area contributed by atoms with Crippen LogP contribution in [0.25, 0.3) is 5.00 Å². The Balaban J connectivity index is 1.63. The number of aliphatic hydroxyl groups is 1. The number of thiophene rings is 1. The Morgan fingerprint density at radius 3 is 2.74 bits per heavy atom. The first kappa shape index (κ1) is 20.4. The number of aryl methyl sites for hydroxylation is 1. The minimum atomic E-state index is -1.26. The van der Waals surface area contributed by atoms with Gasteiger partial charge in [0.05, 0.1) is 5.71 Å². The maximum Gasteiger partial charge on any atom is 0.293 e. The predicted octanol–water partition coefficient (Wildman–Crippen LogP) is 4.01. The summed E-state index contributed by atoms with van der Waals surface area (Å²) in [4.78, 5) is 24.9. The van der Waals surface area contributed by atoms with Crippen LogP contribution in [-0.2, 0) is 6.42 Å². The monoisotopic (exact) mass is 455 g/mol. The molecule has 1 saturated heterocycles. The number of aliphatic hydroxyl groups excluding tert-OH is 1. The first-order valence-corrected chi connectivity index (χ1v) is 11.7. The van der Waals surface area contributed by atoms with Crippen molar-refractivity contribution in [1.82, 2.24) is 19.7 Å². The lowest BCUT2D eigenvalue weighted by Crippen LogP contribution is -2.36. The van der Waals surface area contributed by atoms with Gasteiger partial charge in [-0.1, -0.05) is 36.7 Å². The van der Waals surface area contributed by atoms with Crippen molar-refractivity contribution >= 4 is 34.6 Å². The third kappa shape index (κ3) is 3.58. The minimum Gasteiger partial charge on any atom is -0.365 e. The van der Waals surface area contributed by atoms with Crippen molar-refractivity contribution in [2.45, 2.75) is 38.8 Å². The maximum atomic E-state index is 13.0. The smallest absolute Gasteiger partial charge is 0.293 e. The highest BCUT2D eigenvalue weighted by Crippen LogP contribution is 2.36. The topological polar surface area (TPSA) is 83.6 Å². The van der Waals surface area contributed by atoms with Gasteiger partial charge in [0.1, 0.15) is 5.00 Å². The van der Waals surface area contributed by atoms with Crippen LogP contribution in [0.15, 0.2) is 35.3 Å². The van der Waals surface area contributed by atoms with Crippen LogP contribution in [-0.4, -0.2) is 49.5 Å². The average Bonchev–Trinajstić information content (AvgIpc) is 3.40. The molecule has 0 bridgehead atoms. The number of halogens is 1. The second-order valence-corrected chi connectivity index (χ2v) is 9.20. The number of carbonyl (C=O) groups excluding carboxylic acids is 1. The van der Waals surface area contributed by atoms with Crippen molar-refractivity contribution in [2.24, 2.45) is 4.99 Å². The van der Waals surface area contributed by atoms with Gasteiger partial charge < -0.3 is 10.0 Å². The molecule has 2 aliphatic heterocycles. The van der Waals surface area contributed by atoms with Crippen molar-refractivity contribution < 1.29 is 9.90 Å². The fourth-order valence-corrected chi connectivity index (χ4v) is 5.30. The quantitative estimate of drug-likeness (QED) is 0.646. The molecular formula is C22H22ClN5O2S. The molecule has 5 rings (SSSR count). The van der Waals surface area contributed by atoms with Crippen LogP contribution in [0.5, 0.6) is 0 Å². The Labute approximate surface area is 189 Å². The predicted molar refractivity (Wildman–Crippen MR) is 120 cm³/mol. The molecule has 0 spiro atoms. The van der Waals surface area contributed by atoms with Gasteiger partial charge in [0.15, 0.2) is 5.82 Å². The number of nitrogens with zero attached hydrogens (tertiary/aromatic N) is 5. The average molecular weight is 456 g/mol. The maximum absolute atomic E-state index is 13.0. The van der Waals surface area contributed by atoms with Crippen LogP contribution >= 0.6 is 22.9 Å². The largest absolute Gasteiger partial charge is 0.365 e. The zero-order chi connectivity index (χ0) is 21.5.